The summed E-state index contributed by atoms with van der Waals surface area (Å²) in [5.74, 6) is 4.54. The minimum absolute atomic E-state index is 0.0760. The minimum atomic E-state index is -0.420. The summed E-state index contributed by atoms with van der Waals surface area (Å²) < 4.78 is 5.87. The van der Waals surface area contributed by atoms with Crippen LogP contribution >= 0.6 is 0 Å². The first kappa shape index (κ1) is 32.6. The van der Waals surface area contributed by atoms with Crippen molar-refractivity contribution in [3.8, 4) is 0 Å². The molecule has 3 fully saturated rings. The SMILES string of the molecule is CC(C)CCCC(C)C1CCC2C3CC=C4CC(OC(=O)NCCNC(=O)/C(N)=C/c5cnc[nH]5)CCC4(C)C3CCC12C. The molecule has 8 heteroatoms. The predicted molar refractivity (Wildman–Crippen MR) is 175 cm³/mol. The Morgan fingerprint density at radius 1 is 1.09 bits per heavy atom. The van der Waals surface area contributed by atoms with E-state index in [9.17, 15) is 9.59 Å². The van der Waals surface area contributed by atoms with E-state index in [-0.39, 0.29) is 30.3 Å². The molecule has 3 saturated carbocycles. The van der Waals surface area contributed by atoms with E-state index >= 15 is 0 Å². The van der Waals surface area contributed by atoms with Crippen LogP contribution in [0, 0.1) is 46.3 Å². The second-order valence-corrected chi connectivity index (χ2v) is 15.3. The molecule has 0 radical (unpaired) electrons. The number of rotatable bonds is 11. The van der Waals surface area contributed by atoms with Gasteiger partial charge in [-0.1, -0.05) is 65.5 Å². The molecule has 0 spiro atoms. The van der Waals surface area contributed by atoms with Gasteiger partial charge in [0.25, 0.3) is 5.91 Å². The number of ether oxygens (including phenoxy) is 1. The summed E-state index contributed by atoms with van der Waals surface area (Å²) in [6.45, 7) is 13.0. The Bertz CT molecular complexity index is 1210. The van der Waals surface area contributed by atoms with Crippen LogP contribution in [0.25, 0.3) is 6.08 Å². The largest absolute Gasteiger partial charge is 0.446 e. The molecule has 0 aromatic carbocycles. The van der Waals surface area contributed by atoms with E-state index < -0.39 is 12.0 Å². The number of H-pyrrole nitrogens is 1. The zero-order valence-corrected chi connectivity index (χ0v) is 27.8. The number of amides is 2. The molecule has 4 aliphatic carbocycles. The van der Waals surface area contributed by atoms with Gasteiger partial charge in [0.2, 0.25) is 0 Å². The number of fused-ring (bicyclic) bond motifs is 5. The molecule has 0 aliphatic heterocycles. The van der Waals surface area contributed by atoms with Crippen LogP contribution in [0.3, 0.4) is 0 Å². The fourth-order valence-corrected chi connectivity index (χ4v) is 9.97. The van der Waals surface area contributed by atoms with Crippen LogP contribution in [0.1, 0.15) is 111 Å². The number of nitrogens with one attached hydrogen (secondary N) is 3. The lowest BCUT2D eigenvalue weighted by atomic mass is 9.47. The zero-order chi connectivity index (χ0) is 31.5. The lowest BCUT2D eigenvalue weighted by Gasteiger charge is -2.58. The first-order chi connectivity index (χ1) is 21.0. The highest BCUT2D eigenvalue weighted by atomic mass is 16.6. The third-order valence-corrected chi connectivity index (χ3v) is 12.3. The average Bonchev–Trinajstić information content (AvgIpc) is 3.62. The molecule has 1 heterocycles. The van der Waals surface area contributed by atoms with Gasteiger partial charge in [0, 0.05) is 19.5 Å². The lowest BCUT2D eigenvalue weighted by Crippen LogP contribution is -2.51. The number of aromatic amines is 1. The summed E-state index contributed by atoms with van der Waals surface area (Å²) in [4.78, 5) is 31.6. The maximum atomic E-state index is 12.6. The molecule has 8 unspecified atom stereocenters. The van der Waals surface area contributed by atoms with Gasteiger partial charge in [0.05, 0.1) is 23.9 Å². The Morgan fingerprint density at radius 2 is 1.89 bits per heavy atom. The molecular weight excluding hydrogens is 550 g/mol. The molecule has 0 saturated heterocycles. The maximum Gasteiger partial charge on any atom is 0.407 e. The summed E-state index contributed by atoms with van der Waals surface area (Å²) in [6.07, 6.45) is 20.4. The molecule has 8 nitrogen and oxygen atoms in total. The molecule has 5 rings (SSSR count). The summed E-state index contributed by atoms with van der Waals surface area (Å²) in [5, 5.41) is 5.50. The highest BCUT2D eigenvalue weighted by Gasteiger charge is 2.59. The van der Waals surface area contributed by atoms with Gasteiger partial charge in [-0.05, 0) is 97.4 Å². The molecule has 2 amide bonds. The summed E-state index contributed by atoms with van der Waals surface area (Å²) in [6, 6.07) is 0. The van der Waals surface area contributed by atoms with Crippen molar-refractivity contribution in [1.29, 1.82) is 0 Å². The van der Waals surface area contributed by atoms with Gasteiger partial charge in [-0.25, -0.2) is 9.78 Å². The number of carbonyl (C=O) groups excluding carboxylic acids is 2. The highest BCUT2D eigenvalue weighted by molar-refractivity contribution is 5.96. The quantitative estimate of drug-likeness (QED) is 0.123. The van der Waals surface area contributed by atoms with Gasteiger partial charge >= 0.3 is 6.09 Å². The fraction of sp³-hybridized carbons (Fsp3) is 0.750. The molecule has 0 bridgehead atoms. The molecular formula is C36H57N5O3. The number of hydrogen-bond acceptors (Lipinski definition) is 5. The molecule has 44 heavy (non-hydrogen) atoms. The first-order valence-corrected chi connectivity index (χ1v) is 17.4. The highest BCUT2D eigenvalue weighted by Crippen LogP contribution is 2.67. The molecule has 244 valence electrons. The lowest BCUT2D eigenvalue weighted by molar-refractivity contribution is -0.117. The third kappa shape index (κ3) is 6.89. The number of hydrogen-bond donors (Lipinski definition) is 4. The van der Waals surface area contributed by atoms with E-state index in [0.29, 0.717) is 11.1 Å². The van der Waals surface area contributed by atoms with E-state index in [4.69, 9.17) is 10.5 Å². The Hall–Kier alpha value is -2.77. The third-order valence-electron chi connectivity index (χ3n) is 12.3. The fourth-order valence-electron chi connectivity index (χ4n) is 9.97. The maximum absolute atomic E-state index is 12.6. The average molecular weight is 608 g/mol. The molecule has 1 aromatic heterocycles. The van der Waals surface area contributed by atoms with Gasteiger partial charge in [0.1, 0.15) is 6.10 Å². The molecule has 4 aliphatic rings. The number of imidazole rings is 1. The molecule has 8 atom stereocenters. The number of nitrogens with zero attached hydrogens (tertiary/aromatic N) is 1. The van der Waals surface area contributed by atoms with Crippen molar-refractivity contribution in [2.75, 3.05) is 13.1 Å². The smallest absolute Gasteiger partial charge is 0.407 e. The standard InChI is InChI=1S/C36H57N5O3/c1-23(2)7-6-8-24(3)29-11-12-30-28-10-9-25-19-27(13-15-35(25,4)31(28)14-16-36(29,30)5)44-34(43)40-18-17-39-33(42)32(37)20-26-21-38-22-41-26/h9,20-24,27-31H,6-8,10-19,37H2,1-5H3,(H,38,41)(H,39,42)(H,40,43)/b32-20-. The minimum Gasteiger partial charge on any atom is -0.446 e. The number of allylic oxidation sites excluding steroid dienone is 1. The van der Waals surface area contributed by atoms with Gasteiger partial charge in [-0.2, -0.15) is 0 Å². The van der Waals surface area contributed by atoms with Crippen molar-refractivity contribution < 1.29 is 14.3 Å². The molecule has 5 N–H and O–H groups in total. The summed E-state index contributed by atoms with van der Waals surface area (Å²) in [5.41, 5.74) is 8.82. The van der Waals surface area contributed by atoms with Crippen LogP contribution in [0.15, 0.2) is 29.9 Å². The normalized spacial score (nSPS) is 33.9. The Labute approximate surface area is 264 Å². The van der Waals surface area contributed by atoms with Gasteiger partial charge in [-0.15, -0.1) is 0 Å². The topological polar surface area (TPSA) is 122 Å². The van der Waals surface area contributed by atoms with Crippen LogP contribution in [0.2, 0.25) is 0 Å². The first-order valence-electron chi connectivity index (χ1n) is 17.4. The van der Waals surface area contributed by atoms with E-state index in [0.717, 1.165) is 54.8 Å². The summed E-state index contributed by atoms with van der Waals surface area (Å²) in [7, 11) is 0. The van der Waals surface area contributed by atoms with E-state index in [1.807, 2.05) is 0 Å². The Morgan fingerprint density at radius 3 is 2.64 bits per heavy atom. The van der Waals surface area contributed by atoms with Crippen LogP contribution < -0.4 is 16.4 Å². The van der Waals surface area contributed by atoms with Crippen molar-refractivity contribution in [2.24, 2.45) is 52.1 Å². The second-order valence-electron chi connectivity index (χ2n) is 15.3. The van der Waals surface area contributed by atoms with E-state index in [1.165, 1.54) is 69.3 Å². The Balaban J connectivity index is 1.09. The number of carbonyl (C=O) groups is 2. The van der Waals surface area contributed by atoms with Gasteiger partial charge in [0.15, 0.2) is 0 Å². The van der Waals surface area contributed by atoms with E-state index in [1.54, 1.807) is 6.20 Å². The molecule has 1 aromatic rings. The van der Waals surface area contributed by atoms with Crippen molar-refractivity contribution in [1.82, 2.24) is 20.6 Å². The number of aromatic nitrogens is 2. The van der Waals surface area contributed by atoms with Gasteiger partial charge < -0.3 is 26.1 Å². The predicted octanol–water partition coefficient (Wildman–Crippen LogP) is 6.96. The number of alkyl carbamates (subject to hydrolysis) is 1. The van der Waals surface area contributed by atoms with Crippen molar-refractivity contribution in [3.05, 3.63) is 35.6 Å². The van der Waals surface area contributed by atoms with Crippen LogP contribution in [-0.2, 0) is 9.53 Å². The van der Waals surface area contributed by atoms with E-state index in [2.05, 4.69) is 61.3 Å². The van der Waals surface area contributed by atoms with Gasteiger partial charge in [-0.3, -0.25) is 4.79 Å². The van der Waals surface area contributed by atoms with Crippen molar-refractivity contribution in [3.63, 3.8) is 0 Å². The number of nitrogens with two attached hydrogens (primary N) is 1. The zero-order valence-electron chi connectivity index (χ0n) is 27.8. The second kappa shape index (κ2) is 13.7. The Kier molecular flexibility index (Phi) is 10.2. The van der Waals surface area contributed by atoms with Crippen LogP contribution in [0.4, 0.5) is 4.79 Å². The van der Waals surface area contributed by atoms with Crippen molar-refractivity contribution in [2.45, 2.75) is 111 Å². The monoisotopic (exact) mass is 607 g/mol. The van der Waals surface area contributed by atoms with Crippen LogP contribution in [0.5, 0.6) is 0 Å². The van der Waals surface area contributed by atoms with Crippen molar-refractivity contribution >= 4 is 18.1 Å². The van der Waals surface area contributed by atoms with Crippen LogP contribution in [-0.4, -0.2) is 41.2 Å². The summed E-state index contributed by atoms with van der Waals surface area (Å²) >= 11 is 0.